The Balaban J connectivity index is 4.35. The number of nitrogens with two attached hydrogens (primary N) is 3. The number of rotatable bonds is 5. The van der Waals surface area contributed by atoms with Crippen molar-refractivity contribution in [2.75, 3.05) is 0 Å². The van der Waals surface area contributed by atoms with E-state index >= 15 is 0 Å². The van der Waals surface area contributed by atoms with E-state index in [4.69, 9.17) is 22.3 Å². The van der Waals surface area contributed by atoms with E-state index in [1.54, 1.807) is 0 Å². The molecule has 1 atom stereocenters. The Bertz CT molecular complexity index is 226. The first-order valence-electron chi connectivity index (χ1n) is 3.43. The Morgan fingerprint density at radius 3 is 1.77 bits per heavy atom. The minimum Gasteiger partial charge on any atom is -0.480 e. The molecule has 7 heteroatoms. The van der Waals surface area contributed by atoms with E-state index in [-0.39, 0.29) is 6.42 Å². The average Bonchev–Trinajstić information content (AvgIpc) is 1.97. The summed E-state index contributed by atoms with van der Waals surface area (Å²) in [5.74, 6) is -4.58. The molecular weight excluding hydrogens is 178 g/mol. The first-order valence-corrected chi connectivity index (χ1v) is 3.43. The second-order valence-corrected chi connectivity index (χ2v) is 2.54. The van der Waals surface area contributed by atoms with Crippen molar-refractivity contribution in [2.24, 2.45) is 23.1 Å². The first kappa shape index (κ1) is 11.4. The van der Waals surface area contributed by atoms with E-state index in [1.165, 1.54) is 0 Å². The van der Waals surface area contributed by atoms with E-state index in [9.17, 15) is 14.4 Å². The maximum absolute atomic E-state index is 10.6. The summed E-state index contributed by atoms with van der Waals surface area (Å²) in [6.45, 7) is 0. The predicted octanol–water partition coefficient (Wildman–Crippen LogP) is -2.62. The van der Waals surface area contributed by atoms with Gasteiger partial charge in [-0.15, -0.1) is 0 Å². The molecule has 0 radical (unpaired) electrons. The zero-order chi connectivity index (χ0) is 10.6. The molecule has 7 nitrogen and oxygen atoms in total. The molecule has 0 aliphatic rings. The predicted molar refractivity (Wildman–Crippen MR) is 42.1 cm³/mol. The maximum Gasteiger partial charge on any atom is 0.320 e. The van der Waals surface area contributed by atoms with Gasteiger partial charge in [0.05, 0.1) is 0 Å². The third kappa shape index (κ3) is 3.52. The number of hydrogen-bond acceptors (Lipinski definition) is 4. The van der Waals surface area contributed by atoms with Crippen molar-refractivity contribution in [1.82, 2.24) is 0 Å². The van der Waals surface area contributed by atoms with Crippen LogP contribution in [0.15, 0.2) is 0 Å². The highest BCUT2D eigenvalue weighted by Gasteiger charge is 2.27. The number of primary amides is 2. The second-order valence-electron chi connectivity index (χ2n) is 2.54. The molecule has 0 fully saturated rings. The molecule has 0 rings (SSSR count). The van der Waals surface area contributed by atoms with E-state index in [0.29, 0.717) is 0 Å². The number of carbonyl (C=O) groups excluding carboxylic acids is 2. The van der Waals surface area contributed by atoms with Crippen LogP contribution in [-0.4, -0.2) is 28.9 Å². The summed E-state index contributed by atoms with van der Waals surface area (Å²) >= 11 is 0. The summed E-state index contributed by atoms with van der Waals surface area (Å²) in [5, 5.41) is 8.37. The minimum absolute atomic E-state index is 0.375. The van der Waals surface area contributed by atoms with Gasteiger partial charge in [0.25, 0.3) is 0 Å². The van der Waals surface area contributed by atoms with E-state index in [0.717, 1.165) is 0 Å². The number of carboxylic acids is 1. The fourth-order valence-corrected chi connectivity index (χ4v) is 0.727. The largest absolute Gasteiger partial charge is 0.480 e. The van der Waals surface area contributed by atoms with Crippen LogP contribution < -0.4 is 17.2 Å². The summed E-state index contributed by atoms with van der Waals surface area (Å²) < 4.78 is 0. The molecule has 0 aromatic heterocycles. The van der Waals surface area contributed by atoms with Crippen LogP contribution in [-0.2, 0) is 14.4 Å². The highest BCUT2D eigenvalue weighted by Crippen LogP contribution is 2.04. The Kier molecular flexibility index (Phi) is 3.86. The monoisotopic (exact) mass is 189 g/mol. The molecular formula is C6H11N3O4. The quantitative estimate of drug-likeness (QED) is 0.349. The summed E-state index contributed by atoms with van der Waals surface area (Å²) in [7, 11) is 0. The van der Waals surface area contributed by atoms with Gasteiger partial charge in [-0.3, -0.25) is 14.4 Å². The summed E-state index contributed by atoms with van der Waals surface area (Å²) in [5.41, 5.74) is 14.7. The van der Waals surface area contributed by atoms with Crippen LogP contribution in [0.25, 0.3) is 0 Å². The van der Waals surface area contributed by atoms with Gasteiger partial charge in [-0.05, 0) is 6.42 Å². The lowest BCUT2D eigenvalue weighted by Crippen LogP contribution is -2.42. The average molecular weight is 189 g/mol. The molecule has 7 N–H and O–H groups in total. The van der Waals surface area contributed by atoms with Crippen LogP contribution in [0.4, 0.5) is 0 Å². The number of carbonyl (C=O) groups is 3. The molecule has 0 aliphatic carbocycles. The SMILES string of the molecule is NC(=O)C(C[C@H](N)C(=O)O)C(N)=O. The van der Waals surface area contributed by atoms with Crippen LogP contribution in [0.3, 0.4) is 0 Å². The van der Waals surface area contributed by atoms with Gasteiger partial charge in [-0.25, -0.2) is 0 Å². The lowest BCUT2D eigenvalue weighted by Gasteiger charge is -2.11. The third-order valence-corrected chi connectivity index (χ3v) is 1.49. The molecule has 0 spiro atoms. The molecule has 0 aliphatic heterocycles. The van der Waals surface area contributed by atoms with Crippen molar-refractivity contribution in [3.63, 3.8) is 0 Å². The maximum atomic E-state index is 10.6. The third-order valence-electron chi connectivity index (χ3n) is 1.49. The second kappa shape index (κ2) is 4.41. The molecule has 0 aromatic carbocycles. The van der Waals surface area contributed by atoms with Gasteiger partial charge < -0.3 is 22.3 Å². The van der Waals surface area contributed by atoms with Crippen molar-refractivity contribution >= 4 is 17.8 Å². The van der Waals surface area contributed by atoms with Crippen LogP contribution in [0, 0.1) is 5.92 Å². The van der Waals surface area contributed by atoms with E-state index in [1.807, 2.05) is 0 Å². The summed E-state index contributed by atoms with van der Waals surface area (Å²) in [4.78, 5) is 31.4. The van der Waals surface area contributed by atoms with Crippen LogP contribution in [0.1, 0.15) is 6.42 Å². The fourth-order valence-electron chi connectivity index (χ4n) is 0.727. The fraction of sp³-hybridized carbons (Fsp3) is 0.500. The zero-order valence-electron chi connectivity index (χ0n) is 6.77. The minimum atomic E-state index is -1.33. The molecule has 74 valence electrons. The molecule has 0 saturated carbocycles. The number of aliphatic carboxylic acids is 1. The molecule has 0 heterocycles. The molecule has 0 saturated heterocycles. The highest BCUT2D eigenvalue weighted by atomic mass is 16.4. The topological polar surface area (TPSA) is 150 Å². The molecule has 0 bridgehead atoms. The lowest BCUT2D eigenvalue weighted by atomic mass is 9.99. The van der Waals surface area contributed by atoms with Crippen molar-refractivity contribution in [1.29, 1.82) is 0 Å². The summed E-state index contributed by atoms with van der Waals surface area (Å²) in [6.07, 6.45) is -0.375. The van der Waals surface area contributed by atoms with Crippen LogP contribution in [0.2, 0.25) is 0 Å². The van der Waals surface area contributed by atoms with E-state index in [2.05, 4.69) is 0 Å². The smallest absolute Gasteiger partial charge is 0.320 e. The van der Waals surface area contributed by atoms with Crippen molar-refractivity contribution in [2.45, 2.75) is 12.5 Å². The van der Waals surface area contributed by atoms with Gasteiger partial charge in [-0.2, -0.15) is 0 Å². The van der Waals surface area contributed by atoms with Crippen molar-refractivity contribution in [3.8, 4) is 0 Å². The van der Waals surface area contributed by atoms with Gasteiger partial charge in [0.15, 0.2) is 0 Å². The number of hydrogen-bond donors (Lipinski definition) is 4. The lowest BCUT2D eigenvalue weighted by molar-refractivity contribution is -0.139. The molecule has 0 unspecified atom stereocenters. The molecule has 13 heavy (non-hydrogen) atoms. The Hall–Kier alpha value is -1.63. The number of carboxylic acid groups (broad SMARTS) is 1. The van der Waals surface area contributed by atoms with E-state index < -0.39 is 29.7 Å². The van der Waals surface area contributed by atoms with Crippen molar-refractivity contribution < 1.29 is 19.5 Å². The first-order chi connectivity index (χ1) is 5.86. The van der Waals surface area contributed by atoms with Crippen LogP contribution in [0.5, 0.6) is 0 Å². The normalized spacial score (nSPS) is 12.5. The zero-order valence-corrected chi connectivity index (χ0v) is 6.77. The molecule has 2 amide bonds. The molecule has 0 aromatic rings. The highest BCUT2D eigenvalue weighted by molar-refractivity contribution is 5.99. The van der Waals surface area contributed by atoms with Crippen molar-refractivity contribution in [3.05, 3.63) is 0 Å². The Morgan fingerprint density at radius 2 is 1.54 bits per heavy atom. The standard InChI is InChI=1S/C6H11N3O4/c7-3(6(12)13)1-2(4(8)10)5(9)11/h2-3H,1,7H2,(H2,8,10)(H2,9,11)(H,12,13)/t3-/m0/s1. The van der Waals surface area contributed by atoms with Crippen LogP contribution >= 0.6 is 0 Å². The van der Waals surface area contributed by atoms with Gasteiger partial charge in [0.1, 0.15) is 12.0 Å². The number of amides is 2. The van der Waals surface area contributed by atoms with Gasteiger partial charge >= 0.3 is 5.97 Å². The summed E-state index contributed by atoms with van der Waals surface area (Å²) in [6, 6.07) is -1.31. The Labute approximate surface area is 73.9 Å². The van der Waals surface area contributed by atoms with Gasteiger partial charge in [0, 0.05) is 0 Å². The van der Waals surface area contributed by atoms with Gasteiger partial charge in [0.2, 0.25) is 11.8 Å². The Morgan fingerprint density at radius 1 is 1.15 bits per heavy atom. The van der Waals surface area contributed by atoms with Gasteiger partial charge in [-0.1, -0.05) is 0 Å².